The summed E-state index contributed by atoms with van der Waals surface area (Å²) in [6.45, 7) is 6.29. The molecule has 0 spiro atoms. The Labute approximate surface area is 95.3 Å². The van der Waals surface area contributed by atoms with Gasteiger partial charge < -0.3 is 4.90 Å². The predicted octanol–water partition coefficient (Wildman–Crippen LogP) is 2.79. The van der Waals surface area contributed by atoms with Gasteiger partial charge in [-0.3, -0.25) is 0 Å². The summed E-state index contributed by atoms with van der Waals surface area (Å²) in [5.41, 5.74) is 1.22. The lowest BCUT2D eigenvalue weighted by molar-refractivity contribution is 0.494. The molecule has 16 heavy (non-hydrogen) atoms. The van der Waals surface area contributed by atoms with Crippen LogP contribution in [0.15, 0.2) is 18.2 Å². The normalized spacial score (nSPS) is 24.5. The summed E-state index contributed by atoms with van der Waals surface area (Å²) < 4.78 is 13.3. The minimum atomic E-state index is -0.332. The first-order valence-electron chi connectivity index (χ1n) is 5.56. The first-order chi connectivity index (χ1) is 7.60. The smallest absolute Gasteiger partial charge is 0.126 e. The number of nitriles is 1. The zero-order valence-corrected chi connectivity index (χ0v) is 9.57. The SMILES string of the molecule is CC1CN(c2cc(F)cc(C#N)c2)CC1C. The van der Waals surface area contributed by atoms with E-state index >= 15 is 0 Å². The molecule has 1 aromatic carbocycles. The van der Waals surface area contributed by atoms with Crippen molar-refractivity contribution in [2.75, 3.05) is 18.0 Å². The third-order valence-electron chi connectivity index (χ3n) is 3.36. The molecule has 1 aliphatic rings. The number of hydrogen-bond acceptors (Lipinski definition) is 2. The van der Waals surface area contributed by atoms with E-state index in [9.17, 15) is 4.39 Å². The van der Waals surface area contributed by atoms with E-state index in [1.54, 1.807) is 6.07 Å². The molecule has 84 valence electrons. The van der Waals surface area contributed by atoms with Gasteiger partial charge in [-0.05, 0) is 30.0 Å². The topological polar surface area (TPSA) is 27.0 Å². The summed E-state index contributed by atoms with van der Waals surface area (Å²) in [5, 5.41) is 8.80. The Bertz CT molecular complexity index is 426. The molecule has 2 atom stereocenters. The van der Waals surface area contributed by atoms with E-state index in [0.29, 0.717) is 17.4 Å². The van der Waals surface area contributed by atoms with E-state index in [4.69, 9.17) is 5.26 Å². The van der Waals surface area contributed by atoms with Gasteiger partial charge in [0.1, 0.15) is 5.82 Å². The minimum absolute atomic E-state index is 0.332. The Hall–Kier alpha value is -1.56. The van der Waals surface area contributed by atoms with Gasteiger partial charge in [0.25, 0.3) is 0 Å². The highest BCUT2D eigenvalue weighted by atomic mass is 19.1. The summed E-state index contributed by atoms with van der Waals surface area (Å²) in [6.07, 6.45) is 0. The van der Waals surface area contributed by atoms with Crippen molar-refractivity contribution in [1.29, 1.82) is 5.26 Å². The number of nitrogens with zero attached hydrogens (tertiary/aromatic N) is 2. The van der Waals surface area contributed by atoms with Crippen molar-refractivity contribution in [2.24, 2.45) is 11.8 Å². The zero-order valence-electron chi connectivity index (χ0n) is 9.57. The van der Waals surface area contributed by atoms with Crippen molar-refractivity contribution < 1.29 is 4.39 Å². The molecule has 0 N–H and O–H groups in total. The van der Waals surface area contributed by atoms with Crippen LogP contribution in [-0.2, 0) is 0 Å². The first kappa shape index (κ1) is 10.9. The Kier molecular flexibility index (Phi) is 2.82. The standard InChI is InChI=1S/C13H15FN2/c1-9-7-16(8-10(9)2)13-4-11(6-15)3-12(14)5-13/h3-5,9-10H,7-8H2,1-2H3. The lowest BCUT2D eigenvalue weighted by Crippen LogP contribution is -2.19. The van der Waals surface area contributed by atoms with Crippen molar-refractivity contribution in [2.45, 2.75) is 13.8 Å². The second-order valence-corrected chi connectivity index (χ2v) is 4.67. The molecule has 2 unspecified atom stereocenters. The maximum Gasteiger partial charge on any atom is 0.126 e. The van der Waals surface area contributed by atoms with Crippen LogP contribution < -0.4 is 4.90 Å². The summed E-state index contributed by atoms with van der Waals surface area (Å²) in [4.78, 5) is 2.15. The molecule has 1 saturated heterocycles. The van der Waals surface area contributed by atoms with Gasteiger partial charge in [-0.15, -0.1) is 0 Å². The monoisotopic (exact) mass is 218 g/mol. The quantitative estimate of drug-likeness (QED) is 0.724. The Morgan fingerprint density at radius 1 is 1.25 bits per heavy atom. The molecule has 1 aromatic rings. The molecule has 3 heteroatoms. The summed E-state index contributed by atoms with van der Waals surface area (Å²) >= 11 is 0. The average Bonchev–Trinajstić information content (AvgIpc) is 2.58. The van der Waals surface area contributed by atoms with E-state index in [1.807, 2.05) is 6.07 Å². The average molecular weight is 218 g/mol. The number of hydrogen-bond donors (Lipinski definition) is 0. The fourth-order valence-corrected chi connectivity index (χ4v) is 2.16. The highest BCUT2D eigenvalue weighted by molar-refractivity contribution is 5.52. The van der Waals surface area contributed by atoms with Crippen LogP contribution in [0.4, 0.5) is 10.1 Å². The van der Waals surface area contributed by atoms with Crippen molar-refractivity contribution in [3.63, 3.8) is 0 Å². The van der Waals surface area contributed by atoms with E-state index in [1.165, 1.54) is 12.1 Å². The second-order valence-electron chi connectivity index (χ2n) is 4.67. The predicted molar refractivity (Wildman–Crippen MR) is 61.7 cm³/mol. The fourth-order valence-electron chi connectivity index (χ4n) is 2.16. The van der Waals surface area contributed by atoms with Gasteiger partial charge in [0.05, 0.1) is 11.6 Å². The molecule has 2 nitrogen and oxygen atoms in total. The van der Waals surface area contributed by atoms with Crippen LogP contribution >= 0.6 is 0 Å². The van der Waals surface area contributed by atoms with Gasteiger partial charge in [0, 0.05) is 18.8 Å². The second kappa shape index (κ2) is 4.13. The molecule has 1 fully saturated rings. The Morgan fingerprint density at radius 3 is 2.44 bits per heavy atom. The van der Waals surface area contributed by atoms with Crippen LogP contribution in [-0.4, -0.2) is 13.1 Å². The Morgan fingerprint density at radius 2 is 1.88 bits per heavy atom. The summed E-state index contributed by atoms with van der Waals surface area (Å²) in [6, 6.07) is 6.52. The van der Waals surface area contributed by atoms with Gasteiger partial charge in [-0.2, -0.15) is 5.26 Å². The summed E-state index contributed by atoms with van der Waals surface area (Å²) in [5.74, 6) is 0.906. The largest absolute Gasteiger partial charge is 0.371 e. The maximum atomic E-state index is 13.3. The Balaban J connectivity index is 2.28. The van der Waals surface area contributed by atoms with E-state index < -0.39 is 0 Å². The zero-order chi connectivity index (χ0) is 11.7. The molecular formula is C13H15FN2. The molecule has 0 bridgehead atoms. The van der Waals surface area contributed by atoms with Crippen LogP contribution in [0.5, 0.6) is 0 Å². The van der Waals surface area contributed by atoms with E-state index in [2.05, 4.69) is 18.7 Å². The van der Waals surface area contributed by atoms with Gasteiger partial charge >= 0.3 is 0 Å². The molecule has 0 saturated carbocycles. The number of halogens is 1. The molecular weight excluding hydrogens is 203 g/mol. The van der Waals surface area contributed by atoms with Crippen molar-refractivity contribution in [3.8, 4) is 6.07 Å². The van der Waals surface area contributed by atoms with Crippen molar-refractivity contribution in [3.05, 3.63) is 29.6 Å². The number of rotatable bonds is 1. The fraction of sp³-hybridized carbons (Fsp3) is 0.462. The molecule has 0 amide bonds. The van der Waals surface area contributed by atoms with Crippen molar-refractivity contribution in [1.82, 2.24) is 0 Å². The number of benzene rings is 1. The minimum Gasteiger partial charge on any atom is -0.371 e. The highest BCUT2D eigenvalue weighted by Crippen LogP contribution is 2.28. The molecule has 1 aliphatic heterocycles. The van der Waals surface area contributed by atoms with Crippen LogP contribution in [0.1, 0.15) is 19.4 Å². The van der Waals surface area contributed by atoms with Crippen LogP contribution in [0.2, 0.25) is 0 Å². The van der Waals surface area contributed by atoms with E-state index in [-0.39, 0.29) is 5.82 Å². The highest BCUT2D eigenvalue weighted by Gasteiger charge is 2.26. The third kappa shape index (κ3) is 2.01. The van der Waals surface area contributed by atoms with Crippen LogP contribution in [0, 0.1) is 29.0 Å². The summed E-state index contributed by atoms with van der Waals surface area (Å²) in [7, 11) is 0. The lowest BCUT2D eigenvalue weighted by atomic mass is 10.0. The molecule has 1 heterocycles. The van der Waals surface area contributed by atoms with Crippen LogP contribution in [0.25, 0.3) is 0 Å². The maximum absolute atomic E-state index is 13.3. The number of anilines is 1. The van der Waals surface area contributed by atoms with Gasteiger partial charge in [0.15, 0.2) is 0 Å². The van der Waals surface area contributed by atoms with Crippen molar-refractivity contribution >= 4 is 5.69 Å². The van der Waals surface area contributed by atoms with E-state index in [0.717, 1.165) is 18.8 Å². The van der Waals surface area contributed by atoms with Gasteiger partial charge in [0.2, 0.25) is 0 Å². The molecule has 0 aliphatic carbocycles. The lowest BCUT2D eigenvalue weighted by Gasteiger charge is -2.18. The molecule has 2 rings (SSSR count). The third-order valence-corrected chi connectivity index (χ3v) is 3.36. The first-order valence-corrected chi connectivity index (χ1v) is 5.56. The van der Waals surface area contributed by atoms with Gasteiger partial charge in [-0.25, -0.2) is 4.39 Å². The molecule has 0 radical (unpaired) electrons. The van der Waals surface area contributed by atoms with Gasteiger partial charge in [-0.1, -0.05) is 13.8 Å². The van der Waals surface area contributed by atoms with Crippen LogP contribution in [0.3, 0.4) is 0 Å². The molecule has 0 aromatic heterocycles.